The average molecular weight is 291 g/mol. The Morgan fingerprint density at radius 1 is 1.38 bits per heavy atom. The lowest BCUT2D eigenvalue weighted by Gasteiger charge is -2.19. The van der Waals surface area contributed by atoms with Crippen molar-refractivity contribution in [2.75, 3.05) is 12.4 Å². The molecule has 0 fully saturated rings. The molecule has 2 heterocycles. The molecule has 6 heteroatoms. The molecule has 2 aromatic heterocycles. The number of anilines is 1. The van der Waals surface area contributed by atoms with Gasteiger partial charge in [0.25, 0.3) is 5.91 Å². The summed E-state index contributed by atoms with van der Waals surface area (Å²) >= 11 is 0. The van der Waals surface area contributed by atoms with E-state index in [1.165, 1.54) is 0 Å². The summed E-state index contributed by atoms with van der Waals surface area (Å²) in [7, 11) is 1.58. The number of methoxy groups -OCH3 is 1. The molecule has 114 valence electrons. The Kier molecular flexibility index (Phi) is 4.80. The molecule has 21 heavy (non-hydrogen) atoms. The van der Waals surface area contributed by atoms with Crippen molar-refractivity contribution >= 4 is 11.7 Å². The maximum Gasteiger partial charge on any atom is 0.292 e. The number of aromatic nitrogens is 2. The first-order valence-corrected chi connectivity index (χ1v) is 6.95. The molecule has 0 spiro atoms. The number of furan rings is 1. The highest BCUT2D eigenvalue weighted by Gasteiger charge is 2.17. The van der Waals surface area contributed by atoms with Crippen molar-refractivity contribution in [1.82, 2.24) is 9.78 Å². The maximum absolute atomic E-state index is 12.2. The van der Waals surface area contributed by atoms with Gasteiger partial charge in [-0.05, 0) is 25.0 Å². The standard InChI is InChI=1S/C15H21N3O3/c1-10(2)11(3)18-14(7-8-16-18)17-15(19)13-6-5-12(21-13)9-20-4/h5-8,10-11H,9H2,1-4H3,(H,17,19)/t11-/m0/s1. The van der Waals surface area contributed by atoms with E-state index in [-0.39, 0.29) is 17.7 Å². The fraction of sp³-hybridized carbons (Fsp3) is 0.467. The minimum atomic E-state index is -0.296. The molecule has 2 aromatic rings. The van der Waals surface area contributed by atoms with Gasteiger partial charge >= 0.3 is 0 Å². The topological polar surface area (TPSA) is 69.3 Å². The second-order valence-electron chi connectivity index (χ2n) is 5.30. The number of carbonyl (C=O) groups excluding carboxylic acids is 1. The van der Waals surface area contributed by atoms with Crippen molar-refractivity contribution < 1.29 is 13.9 Å². The molecule has 1 atom stereocenters. The minimum absolute atomic E-state index is 0.191. The lowest BCUT2D eigenvalue weighted by molar-refractivity contribution is 0.0986. The second kappa shape index (κ2) is 6.58. The summed E-state index contributed by atoms with van der Waals surface area (Å²) in [5.41, 5.74) is 0. The van der Waals surface area contributed by atoms with Crippen molar-refractivity contribution in [3.63, 3.8) is 0 Å². The first kappa shape index (κ1) is 15.3. The summed E-state index contributed by atoms with van der Waals surface area (Å²) in [6.45, 7) is 6.63. The number of ether oxygens (including phenoxy) is 1. The van der Waals surface area contributed by atoms with Crippen LogP contribution in [-0.4, -0.2) is 22.8 Å². The van der Waals surface area contributed by atoms with Gasteiger partial charge in [-0.3, -0.25) is 4.79 Å². The van der Waals surface area contributed by atoms with Crippen molar-refractivity contribution in [1.29, 1.82) is 0 Å². The first-order valence-electron chi connectivity index (χ1n) is 6.95. The van der Waals surface area contributed by atoms with E-state index in [0.717, 1.165) is 0 Å². The maximum atomic E-state index is 12.2. The molecule has 0 unspecified atom stereocenters. The Balaban J connectivity index is 2.11. The molecule has 0 aliphatic rings. The molecule has 0 aliphatic heterocycles. The van der Waals surface area contributed by atoms with Crippen LogP contribution in [0.3, 0.4) is 0 Å². The molecule has 0 bridgehead atoms. The van der Waals surface area contributed by atoms with E-state index >= 15 is 0 Å². The number of nitrogens with zero attached hydrogens (tertiary/aromatic N) is 2. The van der Waals surface area contributed by atoms with Crippen LogP contribution in [0.1, 0.15) is 43.1 Å². The zero-order chi connectivity index (χ0) is 15.4. The summed E-state index contributed by atoms with van der Waals surface area (Å²) in [6, 6.07) is 5.33. The fourth-order valence-electron chi connectivity index (χ4n) is 1.92. The highest BCUT2D eigenvalue weighted by Crippen LogP contribution is 2.21. The van der Waals surface area contributed by atoms with Crippen LogP contribution in [0.2, 0.25) is 0 Å². The zero-order valence-corrected chi connectivity index (χ0v) is 12.8. The van der Waals surface area contributed by atoms with Crippen molar-refractivity contribution in [3.05, 3.63) is 35.9 Å². The van der Waals surface area contributed by atoms with Gasteiger partial charge in [-0.25, -0.2) is 4.68 Å². The van der Waals surface area contributed by atoms with Gasteiger partial charge in [0.1, 0.15) is 18.2 Å². The Morgan fingerprint density at radius 2 is 2.14 bits per heavy atom. The molecule has 1 N–H and O–H groups in total. The van der Waals surface area contributed by atoms with E-state index in [9.17, 15) is 4.79 Å². The number of nitrogens with one attached hydrogen (secondary N) is 1. The molecule has 0 radical (unpaired) electrons. The van der Waals surface area contributed by atoms with Crippen LogP contribution < -0.4 is 5.32 Å². The molecular weight excluding hydrogens is 270 g/mol. The van der Waals surface area contributed by atoms with E-state index in [4.69, 9.17) is 9.15 Å². The van der Waals surface area contributed by atoms with Gasteiger partial charge in [0.05, 0.1) is 12.2 Å². The van der Waals surface area contributed by atoms with Gasteiger partial charge in [-0.2, -0.15) is 5.10 Å². The molecule has 0 saturated heterocycles. The summed E-state index contributed by atoms with van der Waals surface area (Å²) in [4.78, 5) is 12.2. The van der Waals surface area contributed by atoms with Crippen LogP contribution in [-0.2, 0) is 11.3 Å². The largest absolute Gasteiger partial charge is 0.453 e. The van der Waals surface area contributed by atoms with E-state index < -0.39 is 0 Å². The third kappa shape index (κ3) is 3.52. The van der Waals surface area contributed by atoms with Crippen LogP contribution in [0, 0.1) is 5.92 Å². The van der Waals surface area contributed by atoms with Crippen molar-refractivity contribution in [2.45, 2.75) is 33.4 Å². The van der Waals surface area contributed by atoms with Gasteiger partial charge in [0.2, 0.25) is 0 Å². The Bertz CT molecular complexity index is 601. The number of hydrogen-bond donors (Lipinski definition) is 1. The van der Waals surface area contributed by atoms with Crippen LogP contribution >= 0.6 is 0 Å². The second-order valence-corrected chi connectivity index (χ2v) is 5.30. The minimum Gasteiger partial charge on any atom is -0.453 e. The summed E-state index contributed by atoms with van der Waals surface area (Å²) in [6.07, 6.45) is 1.67. The molecule has 1 amide bonds. The van der Waals surface area contributed by atoms with E-state index in [0.29, 0.717) is 24.1 Å². The Hall–Kier alpha value is -2.08. The summed E-state index contributed by atoms with van der Waals surface area (Å²) < 4.78 is 12.2. The number of carbonyl (C=O) groups is 1. The normalized spacial score (nSPS) is 12.6. The van der Waals surface area contributed by atoms with Crippen LogP contribution in [0.4, 0.5) is 5.82 Å². The predicted molar refractivity (Wildman–Crippen MR) is 79.2 cm³/mol. The Labute approximate surface area is 124 Å². The van der Waals surface area contributed by atoms with Gasteiger partial charge in [0.15, 0.2) is 5.76 Å². The average Bonchev–Trinajstić information content (AvgIpc) is 3.07. The van der Waals surface area contributed by atoms with E-state index in [1.807, 2.05) is 4.68 Å². The lowest BCUT2D eigenvalue weighted by atomic mass is 10.1. The van der Waals surface area contributed by atoms with Crippen molar-refractivity contribution in [2.24, 2.45) is 5.92 Å². The van der Waals surface area contributed by atoms with Crippen LogP contribution in [0.15, 0.2) is 28.8 Å². The SMILES string of the molecule is COCc1ccc(C(=O)Nc2ccnn2[C@@H](C)C(C)C)o1. The van der Waals surface area contributed by atoms with E-state index in [1.54, 1.807) is 31.5 Å². The molecule has 0 saturated carbocycles. The monoisotopic (exact) mass is 291 g/mol. The first-order chi connectivity index (χ1) is 10.0. The third-order valence-electron chi connectivity index (χ3n) is 3.43. The molecule has 0 aliphatic carbocycles. The fourth-order valence-corrected chi connectivity index (χ4v) is 1.92. The zero-order valence-electron chi connectivity index (χ0n) is 12.8. The Morgan fingerprint density at radius 3 is 2.81 bits per heavy atom. The van der Waals surface area contributed by atoms with Crippen LogP contribution in [0.5, 0.6) is 0 Å². The molecular formula is C15H21N3O3. The highest BCUT2D eigenvalue weighted by atomic mass is 16.5. The molecule has 2 rings (SSSR count). The molecule has 6 nitrogen and oxygen atoms in total. The van der Waals surface area contributed by atoms with Gasteiger partial charge in [-0.1, -0.05) is 13.8 Å². The smallest absolute Gasteiger partial charge is 0.292 e. The van der Waals surface area contributed by atoms with Gasteiger partial charge in [-0.15, -0.1) is 0 Å². The van der Waals surface area contributed by atoms with Crippen LogP contribution in [0.25, 0.3) is 0 Å². The van der Waals surface area contributed by atoms with Gasteiger partial charge < -0.3 is 14.5 Å². The number of rotatable bonds is 6. The third-order valence-corrected chi connectivity index (χ3v) is 3.43. The predicted octanol–water partition coefficient (Wildman–Crippen LogP) is 3.09. The summed E-state index contributed by atoms with van der Waals surface area (Å²) in [5.74, 6) is 1.65. The molecule has 0 aromatic carbocycles. The van der Waals surface area contributed by atoms with E-state index in [2.05, 4.69) is 31.2 Å². The number of amides is 1. The quantitative estimate of drug-likeness (QED) is 0.888. The van der Waals surface area contributed by atoms with Gasteiger partial charge in [0, 0.05) is 13.2 Å². The highest BCUT2D eigenvalue weighted by molar-refractivity contribution is 6.01. The van der Waals surface area contributed by atoms with Crippen molar-refractivity contribution in [3.8, 4) is 0 Å². The number of hydrogen-bond acceptors (Lipinski definition) is 4. The lowest BCUT2D eigenvalue weighted by Crippen LogP contribution is -2.19. The summed E-state index contributed by atoms with van der Waals surface area (Å²) in [5, 5.41) is 7.10.